The highest BCUT2D eigenvalue weighted by molar-refractivity contribution is 7.99. The van der Waals surface area contributed by atoms with E-state index in [0.29, 0.717) is 0 Å². The van der Waals surface area contributed by atoms with Gasteiger partial charge in [0.05, 0.1) is 5.54 Å². The van der Waals surface area contributed by atoms with Gasteiger partial charge in [-0.25, -0.2) is 0 Å². The van der Waals surface area contributed by atoms with Gasteiger partial charge in [-0.1, -0.05) is 6.92 Å². The third-order valence-electron chi connectivity index (χ3n) is 2.52. The highest BCUT2D eigenvalue weighted by atomic mass is 32.2. The second-order valence-electron chi connectivity index (χ2n) is 4.02. The number of aliphatic hydroxyl groups is 1. The molecule has 0 saturated carbocycles. The van der Waals surface area contributed by atoms with Gasteiger partial charge in [0.2, 0.25) is 5.91 Å². The molecule has 0 saturated heterocycles. The van der Waals surface area contributed by atoms with Crippen molar-refractivity contribution in [3.8, 4) is 0 Å². The van der Waals surface area contributed by atoms with Crippen LogP contribution in [0.25, 0.3) is 0 Å². The van der Waals surface area contributed by atoms with Crippen molar-refractivity contribution in [3.63, 3.8) is 0 Å². The number of nitrogens with one attached hydrogen (secondary N) is 1. The molecule has 0 radical (unpaired) electrons. The van der Waals surface area contributed by atoms with Crippen LogP contribution in [0.2, 0.25) is 0 Å². The fourth-order valence-electron chi connectivity index (χ4n) is 1.49. The lowest BCUT2D eigenvalue weighted by Crippen LogP contribution is -2.53. The molecule has 0 aliphatic rings. The first-order valence-corrected chi connectivity index (χ1v) is 6.96. The predicted octanol–water partition coefficient (Wildman–Crippen LogP) is 0.736. The third kappa shape index (κ3) is 6.35. The average molecular weight is 248 g/mol. The van der Waals surface area contributed by atoms with Gasteiger partial charge in [-0.05, 0) is 44.2 Å². The van der Waals surface area contributed by atoms with Crippen molar-refractivity contribution in [1.82, 2.24) is 5.32 Å². The molecule has 0 rings (SSSR count). The molecule has 0 aromatic heterocycles. The number of aliphatic hydroxyl groups excluding tert-OH is 1. The zero-order valence-electron chi connectivity index (χ0n) is 10.3. The first-order chi connectivity index (χ1) is 7.56. The van der Waals surface area contributed by atoms with Crippen LogP contribution in [-0.2, 0) is 4.79 Å². The summed E-state index contributed by atoms with van der Waals surface area (Å²) in [5.41, 5.74) is 4.80. The lowest BCUT2D eigenvalue weighted by molar-refractivity contribution is -0.124. The van der Waals surface area contributed by atoms with Gasteiger partial charge in [0.25, 0.3) is 0 Å². The standard InChI is InChI=1S/C11H24N2O2S/c1-3-13-11(2,10(12)15)6-4-8-16-9-5-7-14/h13-14H,3-9H2,1-2H3,(H2,12,15). The first-order valence-electron chi connectivity index (χ1n) is 5.80. The molecule has 16 heavy (non-hydrogen) atoms. The molecule has 5 heteroatoms. The van der Waals surface area contributed by atoms with Crippen LogP contribution in [0.15, 0.2) is 0 Å². The first kappa shape index (κ1) is 15.7. The maximum Gasteiger partial charge on any atom is 0.237 e. The van der Waals surface area contributed by atoms with E-state index in [1.165, 1.54) is 0 Å². The fourth-order valence-corrected chi connectivity index (χ4v) is 2.37. The summed E-state index contributed by atoms with van der Waals surface area (Å²) in [6.45, 7) is 4.83. The Hall–Kier alpha value is -0.260. The minimum atomic E-state index is -0.577. The minimum Gasteiger partial charge on any atom is -0.396 e. The molecule has 0 aliphatic carbocycles. The number of thioether (sulfide) groups is 1. The maximum absolute atomic E-state index is 11.3. The predicted molar refractivity (Wildman–Crippen MR) is 69.5 cm³/mol. The summed E-state index contributed by atoms with van der Waals surface area (Å²) in [7, 11) is 0. The Morgan fingerprint density at radius 2 is 2.06 bits per heavy atom. The summed E-state index contributed by atoms with van der Waals surface area (Å²) in [5, 5.41) is 11.7. The van der Waals surface area contributed by atoms with Crippen LogP contribution in [0.1, 0.15) is 33.1 Å². The number of nitrogens with two attached hydrogens (primary N) is 1. The van der Waals surface area contributed by atoms with Gasteiger partial charge >= 0.3 is 0 Å². The number of rotatable bonds is 10. The number of carbonyl (C=O) groups is 1. The van der Waals surface area contributed by atoms with Crippen LogP contribution < -0.4 is 11.1 Å². The molecule has 0 fully saturated rings. The lowest BCUT2D eigenvalue weighted by atomic mass is 9.95. The topological polar surface area (TPSA) is 75.3 Å². The SMILES string of the molecule is CCNC(C)(CCCSCCCO)C(N)=O. The normalized spacial score (nSPS) is 14.7. The van der Waals surface area contributed by atoms with Crippen molar-refractivity contribution in [2.75, 3.05) is 24.7 Å². The quantitative estimate of drug-likeness (QED) is 0.498. The summed E-state index contributed by atoms with van der Waals surface area (Å²) in [5.74, 6) is 1.70. The number of primary amides is 1. The Morgan fingerprint density at radius 1 is 1.44 bits per heavy atom. The third-order valence-corrected chi connectivity index (χ3v) is 3.68. The Bertz CT molecular complexity index is 202. The number of hydrogen-bond acceptors (Lipinski definition) is 4. The van der Waals surface area contributed by atoms with E-state index in [2.05, 4.69) is 5.32 Å². The summed E-state index contributed by atoms with van der Waals surface area (Å²) in [4.78, 5) is 11.3. The van der Waals surface area contributed by atoms with Gasteiger partial charge in [0.1, 0.15) is 0 Å². The van der Waals surface area contributed by atoms with Gasteiger partial charge in [0.15, 0.2) is 0 Å². The molecule has 0 aromatic rings. The monoisotopic (exact) mass is 248 g/mol. The van der Waals surface area contributed by atoms with Crippen molar-refractivity contribution in [1.29, 1.82) is 0 Å². The summed E-state index contributed by atoms with van der Waals surface area (Å²) < 4.78 is 0. The summed E-state index contributed by atoms with van der Waals surface area (Å²) in [6.07, 6.45) is 2.57. The van der Waals surface area contributed by atoms with E-state index in [-0.39, 0.29) is 12.5 Å². The van der Waals surface area contributed by atoms with Gasteiger partial charge in [-0.15, -0.1) is 0 Å². The number of likely N-dealkylation sites (N-methyl/N-ethyl adjacent to an activating group) is 1. The van der Waals surface area contributed by atoms with Gasteiger partial charge < -0.3 is 16.2 Å². The van der Waals surface area contributed by atoms with Crippen LogP contribution in [0.3, 0.4) is 0 Å². The molecule has 1 amide bonds. The van der Waals surface area contributed by atoms with Gasteiger partial charge in [-0.3, -0.25) is 4.79 Å². The molecule has 1 unspecified atom stereocenters. The van der Waals surface area contributed by atoms with Gasteiger partial charge in [-0.2, -0.15) is 11.8 Å². The molecule has 4 N–H and O–H groups in total. The van der Waals surface area contributed by atoms with E-state index in [1.807, 2.05) is 25.6 Å². The van der Waals surface area contributed by atoms with Crippen molar-refractivity contribution in [2.45, 2.75) is 38.6 Å². The van der Waals surface area contributed by atoms with Gasteiger partial charge in [0, 0.05) is 6.61 Å². The van der Waals surface area contributed by atoms with Crippen LogP contribution in [0, 0.1) is 0 Å². The van der Waals surface area contributed by atoms with Crippen LogP contribution in [0.5, 0.6) is 0 Å². The molecular formula is C11H24N2O2S. The second kappa shape index (κ2) is 8.84. The van der Waals surface area contributed by atoms with E-state index in [0.717, 1.165) is 37.3 Å². The molecule has 0 spiro atoms. The molecule has 0 bridgehead atoms. The number of carbonyl (C=O) groups excluding carboxylic acids is 1. The summed E-state index contributed by atoms with van der Waals surface area (Å²) in [6, 6.07) is 0. The van der Waals surface area contributed by atoms with E-state index in [4.69, 9.17) is 10.8 Å². The Kier molecular flexibility index (Phi) is 8.70. The zero-order valence-corrected chi connectivity index (χ0v) is 11.1. The fraction of sp³-hybridized carbons (Fsp3) is 0.909. The van der Waals surface area contributed by atoms with Crippen molar-refractivity contribution < 1.29 is 9.90 Å². The van der Waals surface area contributed by atoms with Crippen molar-refractivity contribution >= 4 is 17.7 Å². The van der Waals surface area contributed by atoms with Crippen LogP contribution >= 0.6 is 11.8 Å². The Balaban J connectivity index is 3.73. The Labute approximate surface area is 102 Å². The molecule has 1 atom stereocenters. The number of hydrogen-bond donors (Lipinski definition) is 3. The van der Waals surface area contributed by atoms with Crippen LogP contribution in [-0.4, -0.2) is 41.2 Å². The van der Waals surface area contributed by atoms with E-state index in [1.54, 1.807) is 0 Å². The van der Waals surface area contributed by atoms with E-state index in [9.17, 15) is 4.79 Å². The highest BCUT2D eigenvalue weighted by Gasteiger charge is 2.28. The van der Waals surface area contributed by atoms with Crippen LogP contribution in [0.4, 0.5) is 0 Å². The lowest BCUT2D eigenvalue weighted by Gasteiger charge is -2.26. The molecule has 4 nitrogen and oxygen atoms in total. The average Bonchev–Trinajstić information content (AvgIpc) is 2.23. The minimum absolute atomic E-state index is 0.253. The largest absolute Gasteiger partial charge is 0.396 e. The molecule has 0 heterocycles. The van der Waals surface area contributed by atoms with E-state index < -0.39 is 5.54 Å². The highest BCUT2D eigenvalue weighted by Crippen LogP contribution is 2.15. The van der Waals surface area contributed by atoms with Crippen molar-refractivity contribution in [2.24, 2.45) is 5.73 Å². The molecular weight excluding hydrogens is 224 g/mol. The number of amides is 1. The Morgan fingerprint density at radius 3 is 2.56 bits per heavy atom. The molecule has 0 aromatic carbocycles. The maximum atomic E-state index is 11.3. The smallest absolute Gasteiger partial charge is 0.237 e. The zero-order chi connectivity index (χ0) is 12.4. The van der Waals surface area contributed by atoms with E-state index >= 15 is 0 Å². The van der Waals surface area contributed by atoms with Crippen molar-refractivity contribution in [3.05, 3.63) is 0 Å². The second-order valence-corrected chi connectivity index (χ2v) is 5.24. The molecule has 96 valence electrons. The molecule has 0 aliphatic heterocycles. The summed E-state index contributed by atoms with van der Waals surface area (Å²) >= 11 is 1.81.